The van der Waals surface area contributed by atoms with Crippen molar-refractivity contribution in [2.45, 2.75) is 58.0 Å². The Kier molecular flexibility index (Phi) is 7.58. The van der Waals surface area contributed by atoms with Gasteiger partial charge in [0, 0.05) is 23.7 Å². The van der Waals surface area contributed by atoms with Crippen molar-refractivity contribution in [3.63, 3.8) is 0 Å². The van der Waals surface area contributed by atoms with Crippen molar-refractivity contribution >= 4 is 34.8 Å². The molecule has 0 saturated heterocycles. The first-order chi connectivity index (χ1) is 16.4. The molecule has 11 heteroatoms. The molecule has 3 rings (SSSR count). The lowest BCUT2D eigenvalue weighted by Crippen LogP contribution is -2.44. The van der Waals surface area contributed by atoms with E-state index in [0.29, 0.717) is 29.4 Å². The number of nitrogen functional groups attached to an aromatic ring is 1. The van der Waals surface area contributed by atoms with E-state index in [2.05, 4.69) is 25.6 Å². The minimum Gasteiger partial charge on any atom is -0.480 e. The summed E-state index contributed by atoms with van der Waals surface area (Å²) in [5, 5.41) is 15.2. The Morgan fingerprint density at radius 2 is 1.83 bits per heavy atom. The number of fused-ring (bicyclic) bond motifs is 1. The molecule has 0 aliphatic heterocycles. The zero-order chi connectivity index (χ0) is 25.8. The van der Waals surface area contributed by atoms with Crippen LogP contribution in [0.3, 0.4) is 0 Å². The number of H-pyrrole nitrogens is 2. The fourth-order valence-electron chi connectivity index (χ4n) is 3.67. The predicted octanol–water partition coefficient (Wildman–Crippen LogP) is 1.50. The highest BCUT2D eigenvalue weighted by Gasteiger charge is 2.23. The number of carbonyl (C=O) groups is 3. The van der Waals surface area contributed by atoms with Crippen molar-refractivity contribution in [3.8, 4) is 0 Å². The Bertz CT molecular complexity index is 1290. The third-order valence-corrected chi connectivity index (χ3v) is 5.32. The van der Waals surface area contributed by atoms with Gasteiger partial charge in [0.25, 0.3) is 11.5 Å². The quantitative estimate of drug-likeness (QED) is 0.267. The molecule has 7 N–H and O–H groups in total. The maximum Gasteiger partial charge on any atom is 0.326 e. The van der Waals surface area contributed by atoms with Crippen LogP contribution in [-0.4, -0.2) is 49.4 Å². The standard InChI is InChI=1S/C24H30N6O5/c1-24(2,3)30-17(31)11-10-16(22(34)35)27-20(32)14-7-4-13(5-8-14)6-9-15-12-26-19-18(15)21(33)29-23(25)28-19/h4-5,7-8,12,16H,6,9-11H2,1-3H3,(H,27,32)(H,30,31)(H,34,35)(H4,25,26,28,29,33)/t16-/m0/s1. The highest BCUT2D eigenvalue weighted by Crippen LogP contribution is 2.16. The molecule has 0 spiro atoms. The number of nitrogens with one attached hydrogen (secondary N) is 4. The highest BCUT2D eigenvalue weighted by molar-refractivity contribution is 5.96. The van der Waals surface area contributed by atoms with E-state index in [4.69, 9.17) is 5.73 Å². The fraction of sp³-hybridized carbons (Fsp3) is 0.375. The number of nitrogens with zero attached hydrogens (tertiary/aromatic N) is 1. The number of aromatic amines is 2. The second-order valence-corrected chi connectivity index (χ2v) is 9.39. The first kappa shape index (κ1) is 25.5. The molecule has 2 amide bonds. The van der Waals surface area contributed by atoms with E-state index >= 15 is 0 Å². The number of aromatic nitrogens is 3. The van der Waals surface area contributed by atoms with Crippen LogP contribution < -0.4 is 21.9 Å². The van der Waals surface area contributed by atoms with E-state index in [1.807, 2.05) is 20.8 Å². The minimum atomic E-state index is -1.21. The van der Waals surface area contributed by atoms with Gasteiger partial charge in [0.15, 0.2) is 0 Å². The highest BCUT2D eigenvalue weighted by atomic mass is 16.4. The molecule has 0 bridgehead atoms. The number of rotatable bonds is 9. The molecule has 1 atom stereocenters. The number of aryl methyl sites for hydroxylation is 2. The molecule has 0 fully saturated rings. The maximum atomic E-state index is 12.6. The normalized spacial score (nSPS) is 12.3. The Hall–Kier alpha value is -4.15. The van der Waals surface area contributed by atoms with Gasteiger partial charge in [0.1, 0.15) is 11.7 Å². The second kappa shape index (κ2) is 10.4. The zero-order valence-electron chi connectivity index (χ0n) is 19.9. The van der Waals surface area contributed by atoms with Crippen molar-refractivity contribution in [3.05, 3.63) is 57.5 Å². The molecule has 1 aromatic carbocycles. The number of hydrogen-bond donors (Lipinski definition) is 6. The fourth-order valence-corrected chi connectivity index (χ4v) is 3.67. The van der Waals surface area contributed by atoms with E-state index in [1.54, 1.807) is 30.5 Å². The largest absolute Gasteiger partial charge is 0.480 e. The number of carboxylic acid groups (broad SMARTS) is 1. The van der Waals surface area contributed by atoms with Crippen LogP contribution in [0.2, 0.25) is 0 Å². The second-order valence-electron chi connectivity index (χ2n) is 9.39. The Morgan fingerprint density at radius 1 is 1.14 bits per heavy atom. The molecule has 0 radical (unpaired) electrons. The molecule has 2 heterocycles. The van der Waals surface area contributed by atoms with Crippen LogP contribution >= 0.6 is 0 Å². The number of carboxylic acids is 1. The van der Waals surface area contributed by atoms with Gasteiger partial charge in [0.05, 0.1) is 5.39 Å². The van der Waals surface area contributed by atoms with Gasteiger partial charge in [-0.1, -0.05) is 12.1 Å². The van der Waals surface area contributed by atoms with E-state index < -0.39 is 23.5 Å². The number of carbonyl (C=O) groups excluding carboxylic acids is 2. The summed E-state index contributed by atoms with van der Waals surface area (Å²) in [7, 11) is 0. The van der Waals surface area contributed by atoms with E-state index in [1.165, 1.54) is 0 Å². The smallest absolute Gasteiger partial charge is 0.326 e. The Labute approximate surface area is 201 Å². The van der Waals surface area contributed by atoms with Crippen molar-refractivity contribution in [2.75, 3.05) is 5.73 Å². The molecule has 186 valence electrons. The van der Waals surface area contributed by atoms with Gasteiger partial charge in [-0.05, 0) is 63.3 Å². The minimum absolute atomic E-state index is 0.0216. The number of amides is 2. The number of hydrogen-bond acceptors (Lipinski definition) is 6. The number of aliphatic carboxylic acids is 1. The van der Waals surface area contributed by atoms with Crippen molar-refractivity contribution in [2.24, 2.45) is 0 Å². The van der Waals surface area contributed by atoms with Gasteiger partial charge in [0.2, 0.25) is 11.9 Å². The Morgan fingerprint density at radius 3 is 2.46 bits per heavy atom. The van der Waals surface area contributed by atoms with Gasteiger partial charge in [-0.25, -0.2) is 4.79 Å². The van der Waals surface area contributed by atoms with Gasteiger partial charge in [-0.15, -0.1) is 0 Å². The predicted molar refractivity (Wildman–Crippen MR) is 131 cm³/mol. The molecule has 3 aromatic rings. The van der Waals surface area contributed by atoms with E-state index in [0.717, 1.165) is 11.1 Å². The van der Waals surface area contributed by atoms with E-state index in [9.17, 15) is 24.3 Å². The van der Waals surface area contributed by atoms with Crippen molar-refractivity contribution < 1.29 is 19.5 Å². The summed E-state index contributed by atoms with van der Waals surface area (Å²) in [6.45, 7) is 5.50. The molecule has 0 aliphatic rings. The van der Waals surface area contributed by atoms with Crippen molar-refractivity contribution in [1.82, 2.24) is 25.6 Å². The maximum absolute atomic E-state index is 12.6. The van der Waals surface area contributed by atoms with E-state index in [-0.39, 0.29) is 30.3 Å². The summed E-state index contributed by atoms with van der Waals surface area (Å²) in [5.74, 6) is -1.97. The first-order valence-corrected chi connectivity index (χ1v) is 11.2. The SMILES string of the molecule is CC(C)(C)NC(=O)CC[C@H](NC(=O)c1ccc(CCc2c[nH]c3nc(N)[nH]c(=O)c23)cc1)C(=O)O. The average Bonchev–Trinajstić information content (AvgIpc) is 3.17. The molecule has 0 saturated carbocycles. The topological polar surface area (TPSA) is 183 Å². The van der Waals surface area contributed by atoms with Crippen LogP contribution in [0.15, 0.2) is 35.3 Å². The first-order valence-electron chi connectivity index (χ1n) is 11.2. The molecule has 11 nitrogen and oxygen atoms in total. The molecular weight excluding hydrogens is 452 g/mol. The Balaban J connectivity index is 1.58. The molecule has 35 heavy (non-hydrogen) atoms. The number of nitrogens with two attached hydrogens (primary N) is 1. The van der Waals surface area contributed by atoms with Crippen LogP contribution in [0, 0.1) is 0 Å². The van der Waals surface area contributed by atoms with Gasteiger partial charge >= 0.3 is 5.97 Å². The molecular formula is C24H30N6O5. The molecule has 2 aromatic heterocycles. The third-order valence-electron chi connectivity index (χ3n) is 5.32. The number of benzene rings is 1. The lowest BCUT2D eigenvalue weighted by atomic mass is 10.0. The molecule has 0 unspecified atom stereocenters. The van der Waals surface area contributed by atoms with Crippen LogP contribution in [0.5, 0.6) is 0 Å². The lowest BCUT2D eigenvalue weighted by Gasteiger charge is -2.21. The zero-order valence-corrected chi connectivity index (χ0v) is 19.9. The number of anilines is 1. The van der Waals surface area contributed by atoms with Crippen LogP contribution in [0.25, 0.3) is 11.0 Å². The summed E-state index contributed by atoms with van der Waals surface area (Å²) in [6, 6.07) is 5.59. The van der Waals surface area contributed by atoms with Gasteiger partial charge in [-0.3, -0.25) is 19.4 Å². The lowest BCUT2D eigenvalue weighted by molar-refractivity contribution is -0.139. The summed E-state index contributed by atoms with van der Waals surface area (Å²) < 4.78 is 0. The molecule has 0 aliphatic carbocycles. The van der Waals surface area contributed by atoms with Crippen LogP contribution in [0.4, 0.5) is 5.95 Å². The summed E-state index contributed by atoms with van der Waals surface area (Å²) in [5.41, 5.74) is 7.31. The summed E-state index contributed by atoms with van der Waals surface area (Å²) >= 11 is 0. The third kappa shape index (κ3) is 6.92. The monoisotopic (exact) mass is 482 g/mol. The summed E-state index contributed by atoms with van der Waals surface area (Å²) in [4.78, 5) is 57.8. The summed E-state index contributed by atoms with van der Waals surface area (Å²) in [6.07, 6.45) is 2.86. The van der Waals surface area contributed by atoms with Crippen molar-refractivity contribution in [1.29, 1.82) is 0 Å². The average molecular weight is 483 g/mol. The van der Waals surface area contributed by atoms with Gasteiger partial charge in [-0.2, -0.15) is 4.98 Å². The van der Waals surface area contributed by atoms with Crippen LogP contribution in [-0.2, 0) is 22.4 Å². The van der Waals surface area contributed by atoms with Gasteiger partial charge < -0.3 is 26.5 Å². The van der Waals surface area contributed by atoms with Crippen LogP contribution in [0.1, 0.15) is 55.1 Å².